The van der Waals surface area contributed by atoms with Gasteiger partial charge in [0.25, 0.3) is 0 Å². The van der Waals surface area contributed by atoms with E-state index in [-0.39, 0.29) is 29.7 Å². The van der Waals surface area contributed by atoms with E-state index in [9.17, 15) is 14.4 Å². The van der Waals surface area contributed by atoms with E-state index in [0.717, 1.165) is 55.8 Å². The Morgan fingerprint density at radius 1 is 0.977 bits per heavy atom. The van der Waals surface area contributed by atoms with Crippen molar-refractivity contribution in [1.82, 2.24) is 25.8 Å². The first-order chi connectivity index (χ1) is 20.9. The molecule has 234 valence electrons. The van der Waals surface area contributed by atoms with Crippen LogP contribution in [-0.2, 0) is 27.2 Å². The Morgan fingerprint density at radius 2 is 1.67 bits per heavy atom. The fourth-order valence-electron chi connectivity index (χ4n) is 6.55. The van der Waals surface area contributed by atoms with E-state index in [1.54, 1.807) is 14.2 Å². The molecule has 9 nitrogen and oxygen atoms in total. The lowest BCUT2D eigenvalue weighted by Gasteiger charge is -2.34. The predicted octanol–water partition coefficient (Wildman–Crippen LogP) is 2.78. The summed E-state index contributed by atoms with van der Waals surface area (Å²) in [5.41, 5.74) is 2.16. The Labute approximate surface area is 256 Å². The first-order valence-electron chi connectivity index (χ1n) is 15.8. The highest BCUT2D eigenvalue weighted by molar-refractivity contribution is 5.94. The molecule has 2 aliphatic rings. The minimum atomic E-state index is -0.683. The molecule has 9 heteroatoms. The van der Waals surface area contributed by atoms with E-state index in [2.05, 4.69) is 34.7 Å². The van der Waals surface area contributed by atoms with Gasteiger partial charge in [-0.25, -0.2) is 0 Å². The smallest absolute Gasteiger partial charge is 0.246 e. The molecule has 4 unspecified atom stereocenters. The van der Waals surface area contributed by atoms with Gasteiger partial charge in [0.15, 0.2) is 0 Å². The third-order valence-corrected chi connectivity index (χ3v) is 9.17. The molecule has 0 aliphatic carbocycles. The average Bonchev–Trinajstić information content (AvgIpc) is 3.42. The van der Waals surface area contributed by atoms with Gasteiger partial charge in [0, 0.05) is 25.0 Å². The van der Waals surface area contributed by atoms with Crippen LogP contribution >= 0.6 is 0 Å². The molecule has 43 heavy (non-hydrogen) atoms. The molecule has 2 saturated heterocycles. The van der Waals surface area contributed by atoms with Gasteiger partial charge in [0.05, 0.1) is 13.2 Å². The highest BCUT2D eigenvalue weighted by atomic mass is 16.5. The predicted molar refractivity (Wildman–Crippen MR) is 169 cm³/mol. The second kappa shape index (κ2) is 15.9. The standard InChI is InChI=1S/C34H49N5O4/c1-5-38(6-2)23-26-14-15-27-16-19-30(33(41)36-21-20-24-12-17-28(43-4)18-13-24)39(27)34(42)31(26)37-32(40)29(35-3)22-25-10-8-7-9-11-25/h7-13,17-18,26-27,29-31,35H,5-6,14-16,19-23H2,1-4H3,(H,36,41)(H,37,40)/t26?,27?,29?,30-,31?/m0/s1. The second-order valence-corrected chi connectivity index (χ2v) is 11.7. The van der Waals surface area contributed by atoms with Crippen molar-refractivity contribution in [2.24, 2.45) is 5.92 Å². The van der Waals surface area contributed by atoms with Crippen LogP contribution in [-0.4, -0.2) is 92.0 Å². The van der Waals surface area contributed by atoms with Gasteiger partial charge in [0.1, 0.15) is 17.8 Å². The van der Waals surface area contributed by atoms with E-state index in [4.69, 9.17) is 4.74 Å². The molecule has 0 aromatic heterocycles. The average molecular weight is 592 g/mol. The summed E-state index contributed by atoms with van der Waals surface area (Å²) in [5, 5.41) is 9.39. The maximum Gasteiger partial charge on any atom is 0.246 e. The number of nitrogens with zero attached hydrogens (tertiary/aromatic N) is 2. The largest absolute Gasteiger partial charge is 0.497 e. The Bertz CT molecular complexity index is 1190. The Kier molecular flexibility index (Phi) is 12.0. The lowest BCUT2D eigenvalue weighted by atomic mass is 9.92. The Hall–Kier alpha value is -3.43. The van der Waals surface area contributed by atoms with Crippen molar-refractivity contribution in [2.45, 2.75) is 76.5 Å². The fourth-order valence-corrected chi connectivity index (χ4v) is 6.55. The van der Waals surface area contributed by atoms with Crippen molar-refractivity contribution in [3.8, 4) is 5.75 Å². The highest BCUT2D eigenvalue weighted by Crippen LogP contribution is 2.34. The van der Waals surface area contributed by atoms with E-state index in [1.807, 2.05) is 59.5 Å². The molecule has 2 fully saturated rings. The van der Waals surface area contributed by atoms with Gasteiger partial charge in [0.2, 0.25) is 17.7 Å². The van der Waals surface area contributed by atoms with Crippen LogP contribution in [0.4, 0.5) is 0 Å². The number of benzene rings is 2. The zero-order valence-corrected chi connectivity index (χ0v) is 26.2. The zero-order chi connectivity index (χ0) is 30.8. The maximum atomic E-state index is 14.4. The number of methoxy groups -OCH3 is 1. The lowest BCUT2D eigenvalue weighted by molar-refractivity contribution is -0.143. The minimum absolute atomic E-state index is 0.00959. The SMILES string of the molecule is CCN(CC)CC1CCC2CC[C@@H](C(=O)NCCc3ccc(OC)cc3)N2C(=O)C1NC(=O)C(Cc1ccccc1)NC. The first kappa shape index (κ1) is 32.5. The summed E-state index contributed by atoms with van der Waals surface area (Å²) in [6, 6.07) is 16.0. The summed E-state index contributed by atoms with van der Waals surface area (Å²) in [5.74, 6) is 0.332. The van der Waals surface area contributed by atoms with Crippen molar-refractivity contribution in [1.29, 1.82) is 0 Å². The van der Waals surface area contributed by atoms with Crippen molar-refractivity contribution < 1.29 is 19.1 Å². The number of carbonyl (C=O) groups excluding carboxylic acids is 3. The zero-order valence-electron chi connectivity index (χ0n) is 26.2. The van der Waals surface area contributed by atoms with Gasteiger partial charge in [-0.05, 0) is 81.9 Å². The third-order valence-electron chi connectivity index (χ3n) is 9.17. The summed E-state index contributed by atoms with van der Waals surface area (Å²) >= 11 is 0. The molecule has 2 aromatic rings. The third kappa shape index (κ3) is 8.36. The molecule has 0 radical (unpaired) electrons. The van der Waals surface area contributed by atoms with Gasteiger partial charge in [-0.15, -0.1) is 0 Å². The Morgan fingerprint density at radius 3 is 2.33 bits per heavy atom. The van der Waals surface area contributed by atoms with Gasteiger partial charge >= 0.3 is 0 Å². The molecule has 4 rings (SSSR count). The number of hydrogen-bond acceptors (Lipinski definition) is 6. The molecule has 0 saturated carbocycles. The normalized spacial score (nSPS) is 22.5. The molecule has 3 amide bonds. The van der Waals surface area contributed by atoms with E-state index in [1.165, 1.54) is 0 Å². The molecule has 0 bridgehead atoms. The molecule has 2 aliphatic heterocycles. The van der Waals surface area contributed by atoms with Crippen LogP contribution in [0.15, 0.2) is 54.6 Å². The van der Waals surface area contributed by atoms with Gasteiger partial charge in [-0.1, -0.05) is 56.3 Å². The second-order valence-electron chi connectivity index (χ2n) is 11.7. The fraction of sp³-hybridized carbons (Fsp3) is 0.559. The van der Waals surface area contributed by atoms with Crippen molar-refractivity contribution >= 4 is 17.7 Å². The van der Waals surface area contributed by atoms with Crippen LogP contribution < -0.4 is 20.7 Å². The lowest BCUT2D eigenvalue weighted by Crippen LogP contribution is -2.59. The summed E-state index contributed by atoms with van der Waals surface area (Å²) in [6.07, 6.45) is 4.31. The number of nitrogens with one attached hydrogen (secondary N) is 3. The molecule has 0 spiro atoms. The molecule has 3 N–H and O–H groups in total. The van der Waals surface area contributed by atoms with Gasteiger partial charge in [-0.3, -0.25) is 14.4 Å². The molecular formula is C34H49N5O4. The molecule has 5 atom stereocenters. The van der Waals surface area contributed by atoms with E-state index >= 15 is 0 Å². The number of hydrogen-bond donors (Lipinski definition) is 3. The van der Waals surface area contributed by atoms with Crippen LogP contribution in [0, 0.1) is 5.92 Å². The van der Waals surface area contributed by atoms with E-state index in [0.29, 0.717) is 25.8 Å². The van der Waals surface area contributed by atoms with Crippen LogP contribution in [0.1, 0.15) is 50.7 Å². The maximum absolute atomic E-state index is 14.4. The minimum Gasteiger partial charge on any atom is -0.497 e. The quantitative estimate of drug-likeness (QED) is 0.312. The van der Waals surface area contributed by atoms with Crippen LogP contribution in [0.3, 0.4) is 0 Å². The van der Waals surface area contributed by atoms with Crippen molar-refractivity contribution in [2.75, 3.05) is 40.3 Å². The first-order valence-corrected chi connectivity index (χ1v) is 15.8. The molecule has 2 aromatic carbocycles. The van der Waals surface area contributed by atoms with Crippen LogP contribution in [0.25, 0.3) is 0 Å². The van der Waals surface area contributed by atoms with Crippen molar-refractivity contribution in [3.05, 3.63) is 65.7 Å². The van der Waals surface area contributed by atoms with Gasteiger partial charge < -0.3 is 30.5 Å². The highest BCUT2D eigenvalue weighted by Gasteiger charge is 2.47. The number of carbonyl (C=O) groups is 3. The monoisotopic (exact) mass is 591 g/mol. The van der Waals surface area contributed by atoms with Gasteiger partial charge in [-0.2, -0.15) is 0 Å². The molecule has 2 heterocycles. The van der Waals surface area contributed by atoms with Crippen LogP contribution in [0.2, 0.25) is 0 Å². The van der Waals surface area contributed by atoms with E-state index < -0.39 is 18.1 Å². The Balaban J connectivity index is 1.48. The van der Waals surface area contributed by atoms with Crippen LogP contribution in [0.5, 0.6) is 5.75 Å². The summed E-state index contributed by atoms with van der Waals surface area (Å²) < 4.78 is 5.23. The number of ether oxygens (including phenoxy) is 1. The van der Waals surface area contributed by atoms with Crippen molar-refractivity contribution in [3.63, 3.8) is 0 Å². The number of rotatable bonds is 14. The molecular weight excluding hydrogens is 542 g/mol. The summed E-state index contributed by atoms with van der Waals surface area (Å²) in [6.45, 7) is 7.21. The number of fused-ring (bicyclic) bond motifs is 1. The number of likely N-dealkylation sites (N-methyl/N-ethyl adjacent to an activating group) is 1. The summed E-state index contributed by atoms with van der Waals surface area (Å²) in [4.78, 5) is 45.6. The topological polar surface area (TPSA) is 103 Å². The summed E-state index contributed by atoms with van der Waals surface area (Å²) in [7, 11) is 3.41. The number of amides is 3.